The molecule has 1 aliphatic rings. The normalized spacial score (nSPS) is 13.2. The molecule has 21 heavy (non-hydrogen) atoms. The Kier molecular flexibility index (Phi) is 3.88. The van der Waals surface area contributed by atoms with Gasteiger partial charge in [-0.2, -0.15) is 0 Å². The van der Waals surface area contributed by atoms with Gasteiger partial charge in [-0.3, -0.25) is 4.79 Å². The maximum Gasteiger partial charge on any atom is 0.260 e. The maximum absolute atomic E-state index is 12.9. The van der Waals surface area contributed by atoms with Crippen LogP contribution in [0.15, 0.2) is 48.5 Å². The number of nitrogens with zero attached hydrogens (tertiary/aromatic N) is 1. The van der Waals surface area contributed by atoms with Gasteiger partial charge in [-0.25, -0.2) is 0 Å². The third kappa shape index (κ3) is 2.62. The van der Waals surface area contributed by atoms with Crippen molar-refractivity contribution in [3.05, 3.63) is 54.1 Å². The fourth-order valence-corrected chi connectivity index (χ4v) is 2.63. The highest BCUT2D eigenvalue weighted by Gasteiger charge is 2.25. The standard InChI is InChI=1S/C17H19N3O/c1-18-11-6-12-20-16-10-5-4-9-15(16)19-14-8-3-2-7-13(14)17(20)21/h2-5,7-10,18-19H,6,11-12H2,1H3. The Balaban J connectivity index is 2.03. The summed E-state index contributed by atoms with van der Waals surface area (Å²) in [5.41, 5.74) is 3.50. The molecule has 1 aliphatic heterocycles. The summed E-state index contributed by atoms with van der Waals surface area (Å²) >= 11 is 0. The number of nitrogens with one attached hydrogen (secondary N) is 2. The van der Waals surface area contributed by atoms with Gasteiger partial charge in [0.15, 0.2) is 0 Å². The first-order valence-corrected chi connectivity index (χ1v) is 7.23. The molecule has 2 aromatic rings. The number of hydrogen-bond donors (Lipinski definition) is 2. The lowest BCUT2D eigenvalue weighted by Gasteiger charge is -2.22. The van der Waals surface area contributed by atoms with Crippen LogP contribution in [-0.2, 0) is 0 Å². The molecule has 1 heterocycles. The van der Waals surface area contributed by atoms with Gasteiger partial charge in [0.1, 0.15) is 0 Å². The van der Waals surface area contributed by atoms with Gasteiger partial charge in [0.05, 0.1) is 22.6 Å². The summed E-state index contributed by atoms with van der Waals surface area (Å²) in [4.78, 5) is 14.7. The monoisotopic (exact) mass is 281 g/mol. The van der Waals surface area contributed by atoms with Crippen molar-refractivity contribution in [1.82, 2.24) is 5.32 Å². The van der Waals surface area contributed by atoms with Crippen molar-refractivity contribution in [2.24, 2.45) is 0 Å². The van der Waals surface area contributed by atoms with Gasteiger partial charge in [0, 0.05) is 6.54 Å². The number of benzene rings is 2. The van der Waals surface area contributed by atoms with Gasteiger partial charge in [-0.05, 0) is 44.3 Å². The minimum atomic E-state index is 0.0548. The maximum atomic E-state index is 12.9. The molecule has 0 radical (unpaired) electrons. The first-order chi connectivity index (χ1) is 10.3. The molecule has 0 spiro atoms. The number of para-hydroxylation sites is 3. The minimum absolute atomic E-state index is 0.0548. The van der Waals surface area contributed by atoms with E-state index in [1.165, 1.54) is 0 Å². The van der Waals surface area contributed by atoms with Crippen LogP contribution in [0.25, 0.3) is 0 Å². The van der Waals surface area contributed by atoms with E-state index in [0.29, 0.717) is 6.54 Å². The van der Waals surface area contributed by atoms with E-state index in [2.05, 4.69) is 10.6 Å². The van der Waals surface area contributed by atoms with Gasteiger partial charge < -0.3 is 15.5 Å². The molecule has 0 aromatic heterocycles. The summed E-state index contributed by atoms with van der Waals surface area (Å²) in [6.07, 6.45) is 0.915. The number of rotatable bonds is 4. The molecule has 1 amide bonds. The minimum Gasteiger partial charge on any atom is -0.353 e. The van der Waals surface area contributed by atoms with E-state index in [4.69, 9.17) is 0 Å². The van der Waals surface area contributed by atoms with Crippen LogP contribution in [0.3, 0.4) is 0 Å². The molecular weight excluding hydrogens is 262 g/mol. The van der Waals surface area contributed by atoms with Crippen molar-refractivity contribution in [3.8, 4) is 0 Å². The predicted molar refractivity (Wildman–Crippen MR) is 86.4 cm³/mol. The lowest BCUT2D eigenvalue weighted by molar-refractivity contribution is 0.0988. The highest BCUT2D eigenvalue weighted by molar-refractivity contribution is 6.13. The van der Waals surface area contributed by atoms with Gasteiger partial charge in [-0.1, -0.05) is 24.3 Å². The SMILES string of the molecule is CNCCCN1C(=O)c2ccccc2Nc2ccccc21. The fraction of sp³-hybridized carbons (Fsp3) is 0.235. The van der Waals surface area contributed by atoms with Crippen molar-refractivity contribution in [2.75, 3.05) is 30.4 Å². The van der Waals surface area contributed by atoms with Crippen molar-refractivity contribution >= 4 is 23.0 Å². The van der Waals surface area contributed by atoms with Crippen molar-refractivity contribution in [3.63, 3.8) is 0 Å². The van der Waals surface area contributed by atoms with Crippen LogP contribution in [0.1, 0.15) is 16.8 Å². The highest BCUT2D eigenvalue weighted by Crippen LogP contribution is 2.35. The van der Waals surface area contributed by atoms with E-state index in [0.717, 1.165) is 35.6 Å². The van der Waals surface area contributed by atoms with E-state index in [1.54, 1.807) is 0 Å². The molecule has 0 aliphatic carbocycles. The number of carbonyl (C=O) groups is 1. The van der Waals surface area contributed by atoms with Crippen LogP contribution in [0.5, 0.6) is 0 Å². The first-order valence-electron chi connectivity index (χ1n) is 7.23. The highest BCUT2D eigenvalue weighted by atomic mass is 16.2. The zero-order valence-electron chi connectivity index (χ0n) is 12.1. The van der Waals surface area contributed by atoms with Crippen molar-refractivity contribution in [1.29, 1.82) is 0 Å². The number of fused-ring (bicyclic) bond motifs is 2. The van der Waals surface area contributed by atoms with Crippen LogP contribution < -0.4 is 15.5 Å². The van der Waals surface area contributed by atoms with E-state index in [9.17, 15) is 4.79 Å². The zero-order chi connectivity index (χ0) is 14.7. The van der Waals surface area contributed by atoms with Crippen molar-refractivity contribution in [2.45, 2.75) is 6.42 Å². The predicted octanol–water partition coefficient (Wildman–Crippen LogP) is 3.00. The molecule has 2 aromatic carbocycles. The second-order valence-corrected chi connectivity index (χ2v) is 5.10. The Morgan fingerprint density at radius 2 is 1.76 bits per heavy atom. The van der Waals surface area contributed by atoms with Gasteiger partial charge >= 0.3 is 0 Å². The Morgan fingerprint density at radius 3 is 2.57 bits per heavy atom. The van der Waals surface area contributed by atoms with E-state index < -0.39 is 0 Å². The van der Waals surface area contributed by atoms with Gasteiger partial charge in [0.25, 0.3) is 5.91 Å². The van der Waals surface area contributed by atoms with Crippen LogP contribution in [0.4, 0.5) is 17.1 Å². The molecule has 0 bridgehead atoms. The van der Waals surface area contributed by atoms with Crippen LogP contribution in [0, 0.1) is 0 Å². The number of hydrogen-bond acceptors (Lipinski definition) is 3. The van der Waals surface area contributed by atoms with Gasteiger partial charge in [-0.15, -0.1) is 0 Å². The Labute approximate surface area is 124 Å². The molecule has 108 valence electrons. The average Bonchev–Trinajstić information content (AvgIpc) is 2.63. The van der Waals surface area contributed by atoms with Crippen molar-refractivity contribution < 1.29 is 4.79 Å². The molecule has 2 N–H and O–H groups in total. The summed E-state index contributed by atoms with van der Waals surface area (Å²) in [5.74, 6) is 0.0548. The zero-order valence-corrected chi connectivity index (χ0v) is 12.1. The Hall–Kier alpha value is -2.33. The molecule has 0 atom stereocenters. The third-order valence-electron chi connectivity index (χ3n) is 3.68. The largest absolute Gasteiger partial charge is 0.353 e. The topological polar surface area (TPSA) is 44.4 Å². The summed E-state index contributed by atoms with van der Waals surface area (Å²) < 4.78 is 0. The molecular formula is C17H19N3O. The molecule has 0 fully saturated rings. The molecule has 0 unspecified atom stereocenters. The molecule has 3 rings (SSSR count). The summed E-state index contributed by atoms with van der Waals surface area (Å²) in [6, 6.07) is 15.6. The first kappa shape index (κ1) is 13.6. The third-order valence-corrected chi connectivity index (χ3v) is 3.68. The lowest BCUT2D eigenvalue weighted by Crippen LogP contribution is -2.32. The second-order valence-electron chi connectivity index (χ2n) is 5.10. The summed E-state index contributed by atoms with van der Waals surface area (Å²) in [7, 11) is 1.93. The average molecular weight is 281 g/mol. The Morgan fingerprint density at radius 1 is 1.05 bits per heavy atom. The smallest absolute Gasteiger partial charge is 0.260 e. The summed E-state index contributed by atoms with van der Waals surface area (Å²) in [6.45, 7) is 1.59. The molecule has 0 saturated carbocycles. The molecule has 0 saturated heterocycles. The van der Waals surface area contributed by atoms with E-state index >= 15 is 0 Å². The van der Waals surface area contributed by atoms with E-state index in [1.807, 2.05) is 60.5 Å². The number of amides is 1. The van der Waals surface area contributed by atoms with Crippen LogP contribution >= 0.6 is 0 Å². The van der Waals surface area contributed by atoms with E-state index in [-0.39, 0.29) is 5.91 Å². The summed E-state index contributed by atoms with van der Waals surface area (Å²) in [5, 5.41) is 6.50. The fourth-order valence-electron chi connectivity index (χ4n) is 2.63. The van der Waals surface area contributed by atoms with Crippen LogP contribution in [-0.4, -0.2) is 26.0 Å². The molecule has 4 nitrogen and oxygen atoms in total. The number of anilines is 3. The molecule has 4 heteroatoms. The quantitative estimate of drug-likeness (QED) is 0.847. The Bertz CT molecular complexity index is 654. The van der Waals surface area contributed by atoms with Gasteiger partial charge in [0.2, 0.25) is 0 Å². The lowest BCUT2D eigenvalue weighted by atomic mass is 10.1. The van der Waals surface area contributed by atoms with Crippen LogP contribution in [0.2, 0.25) is 0 Å². The second kappa shape index (κ2) is 5.97. The number of carbonyl (C=O) groups excluding carboxylic acids is 1.